The second kappa shape index (κ2) is 7.09. The SMILES string of the molecule is Cc1ccc(O[C@@H]2COCC[C@@H]2NC(=O)c2ccc3n[nH]nc3c2)cn1. The first kappa shape index (κ1) is 16.5. The maximum absolute atomic E-state index is 12.6. The van der Waals surface area contributed by atoms with E-state index in [0.717, 1.165) is 11.2 Å². The summed E-state index contributed by atoms with van der Waals surface area (Å²) in [6.07, 6.45) is 2.09. The van der Waals surface area contributed by atoms with Gasteiger partial charge in [-0.15, -0.1) is 0 Å². The molecule has 0 unspecified atom stereocenters. The Kier molecular flexibility index (Phi) is 4.49. The van der Waals surface area contributed by atoms with Crippen molar-refractivity contribution in [2.45, 2.75) is 25.5 Å². The molecule has 0 saturated carbocycles. The molecule has 26 heavy (non-hydrogen) atoms. The van der Waals surface area contributed by atoms with E-state index in [9.17, 15) is 4.79 Å². The first-order chi connectivity index (χ1) is 12.7. The van der Waals surface area contributed by atoms with Crippen molar-refractivity contribution in [3.63, 3.8) is 0 Å². The number of nitrogens with zero attached hydrogens (tertiary/aromatic N) is 3. The molecule has 1 aliphatic heterocycles. The fourth-order valence-electron chi connectivity index (χ4n) is 2.93. The average molecular weight is 353 g/mol. The molecule has 1 fully saturated rings. The predicted octanol–water partition coefficient (Wildman–Crippen LogP) is 1.63. The Morgan fingerprint density at radius 3 is 3.00 bits per heavy atom. The summed E-state index contributed by atoms with van der Waals surface area (Å²) in [5, 5.41) is 13.6. The molecule has 1 aliphatic rings. The van der Waals surface area contributed by atoms with Gasteiger partial charge >= 0.3 is 0 Å². The molecule has 134 valence electrons. The number of carbonyl (C=O) groups excluding carboxylic acids is 1. The molecule has 4 rings (SSSR count). The second-order valence-corrected chi connectivity index (χ2v) is 6.26. The summed E-state index contributed by atoms with van der Waals surface area (Å²) in [7, 11) is 0. The van der Waals surface area contributed by atoms with Gasteiger partial charge in [0, 0.05) is 17.9 Å². The molecule has 3 aromatic rings. The van der Waals surface area contributed by atoms with Crippen molar-refractivity contribution in [3.05, 3.63) is 47.8 Å². The third-order valence-corrected chi connectivity index (χ3v) is 4.37. The van der Waals surface area contributed by atoms with Crippen LogP contribution in [0.1, 0.15) is 22.5 Å². The predicted molar refractivity (Wildman–Crippen MR) is 94.0 cm³/mol. The van der Waals surface area contributed by atoms with Crippen LogP contribution in [0.4, 0.5) is 0 Å². The van der Waals surface area contributed by atoms with Crippen molar-refractivity contribution in [1.82, 2.24) is 25.7 Å². The summed E-state index contributed by atoms with van der Waals surface area (Å²) < 4.78 is 11.5. The zero-order valence-corrected chi connectivity index (χ0v) is 14.3. The first-order valence-electron chi connectivity index (χ1n) is 8.47. The van der Waals surface area contributed by atoms with Crippen molar-refractivity contribution < 1.29 is 14.3 Å². The van der Waals surface area contributed by atoms with E-state index in [-0.39, 0.29) is 18.1 Å². The molecule has 2 N–H and O–H groups in total. The van der Waals surface area contributed by atoms with E-state index in [0.29, 0.717) is 36.5 Å². The quantitative estimate of drug-likeness (QED) is 0.739. The molecule has 8 heteroatoms. The number of ether oxygens (including phenoxy) is 2. The van der Waals surface area contributed by atoms with Crippen molar-refractivity contribution in [3.8, 4) is 5.75 Å². The van der Waals surface area contributed by atoms with E-state index in [1.54, 1.807) is 24.4 Å². The van der Waals surface area contributed by atoms with E-state index in [1.165, 1.54) is 0 Å². The first-order valence-corrected chi connectivity index (χ1v) is 8.47. The topological polar surface area (TPSA) is 102 Å². The van der Waals surface area contributed by atoms with Crippen LogP contribution in [-0.2, 0) is 4.74 Å². The Balaban J connectivity index is 1.47. The van der Waals surface area contributed by atoms with Gasteiger partial charge in [0.25, 0.3) is 5.91 Å². The molecule has 2 atom stereocenters. The fourth-order valence-corrected chi connectivity index (χ4v) is 2.93. The van der Waals surface area contributed by atoms with Gasteiger partial charge < -0.3 is 14.8 Å². The molecule has 1 aromatic carbocycles. The lowest BCUT2D eigenvalue weighted by Crippen LogP contribution is -2.51. The number of aromatic nitrogens is 4. The standard InChI is InChI=1S/C18H19N5O3/c1-11-2-4-13(9-19-11)26-17-10-25-7-6-15(17)20-18(24)12-3-5-14-16(8-12)22-23-21-14/h2-5,8-9,15,17H,6-7,10H2,1H3,(H,20,24)(H,21,22,23)/t15-,17+/m0/s1. The van der Waals surface area contributed by atoms with Crippen LogP contribution >= 0.6 is 0 Å². The zero-order valence-electron chi connectivity index (χ0n) is 14.3. The third-order valence-electron chi connectivity index (χ3n) is 4.37. The van der Waals surface area contributed by atoms with Crippen LogP contribution in [0.2, 0.25) is 0 Å². The Morgan fingerprint density at radius 1 is 1.27 bits per heavy atom. The van der Waals surface area contributed by atoms with Crippen LogP contribution in [0.5, 0.6) is 5.75 Å². The fraction of sp³-hybridized carbons (Fsp3) is 0.333. The average Bonchev–Trinajstić information content (AvgIpc) is 3.13. The largest absolute Gasteiger partial charge is 0.484 e. The van der Waals surface area contributed by atoms with Gasteiger partial charge in [0.05, 0.1) is 18.8 Å². The van der Waals surface area contributed by atoms with Gasteiger partial charge in [-0.25, -0.2) is 0 Å². The second-order valence-electron chi connectivity index (χ2n) is 6.26. The van der Waals surface area contributed by atoms with Gasteiger partial charge in [0.2, 0.25) is 0 Å². The van der Waals surface area contributed by atoms with E-state index in [2.05, 4.69) is 25.7 Å². The molecule has 8 nitrogen and oxygen atoms in total. The summed E-state index contributed by atoms with van der Waals surface area (Å²) in [4.78, 5) is 16.9. The lowest BCUT2D eigenvalue weighted by atomic mass is 10.0. The van der Waals surface area contributed by atoms with Gasteiger partial charge in [0.1, 0.15) is 22.9 Å². The lowest BCUT2D eigenvalue weighted by molar-refractivity contribution is -0.0136. The summed E-state index contributed by atoms with van der Waals surface area (Å²) in [5.41, 5.74) is 2.84. The number of pyridine rings is 1. The molecule has 0 aliphatic carbocycles. The van der Waals surface area contributed by atoms with Crippen LogP contribution < -0.4 is 10.1 Å². The molecular formula is C18H19N5O3. The number of H-pyrrole nitrogens is 1. The van der Waals surface area contributed by atoms with Crippen LogP contribution in [0.3, 0.4) is 0 Å². The molecule has 1 amide bonds. The number of hydrogen-bond donors (Lipinski definition) is 2. The van der Waals surface area contributed by atoms with Gasteiger partial charge in [-0.1, -0.05) is 0 Å². The minimum atomic E-state index is -0.270. The number of aromatic amines is 1. The molecule has 1 saturated heterocycles. The van der Waals surface area contributed by atoms with Crippen LogP contribution in [0.15, 0.2) is 36.5 Å². The molecule has 0 radical (unpaired) electrons. The lowest BCUT2D eigenvalue weighted by Gasteiger charge is -2.32. The molecule has 2 aromatic heterocycles. The van der Waals surface area contributed by atoms with Crippen molar-refractivity contribution >= 4 is 16.9 Å². The van der Waals surface area contributed by atoms with Gasteiger partial charge in [0.15, 0.2) is 0 Å². The number of hydrogen-bond acceptors (Lipinski definition) is 6. The number of aryl methyl sites for hydroxylation is 1. The monoisotopic (exact) mass is 353 g/mol. The van der Waals surface area contributed by atoms with Crippen molar-refractivity contribution in [2.24, 2.45) is 0 Å². The molecule has 0 spiro atoms. The Hall–Kier alpha value is -3.00. The van der Waals surface area contributed by atoms with Crippen LogP contribution in [0, 0.1) is 6.92 Å². The van der Waals surface area contributed by atoms with Gasteiger partial charge in [-0.3, -0.25) is 9.78 Å². The molecule has 3 heterocycles. The van der Waals surface area contributed by atoms with E-state index < -0.39 is 0 Å². The number of nitrogens with one attached hydrogen (secondary N) is 2. The minimum Gasteiger partial charge on any atom is -0.484 e. The number of rotatable bonds is 4. The summed E-state index contributed by atoms with van der Waals surface area (Å²) in [6.45, 7) is 2.92. The molecular weight excluding hydrogens is 334 g/mol. The zero-order chi connectivity index (χ0) is 17.9. The highest BCUT2D eigenvalue weighted by molar-refractivity contribution is 5.97. The normalized spacial score (nSPS) is 20.0. The highest BCUT2D eigenvalue weighted by atomic mass is 16.5. The maximum Gasteiger partial charge on any atom is 0.251 e. The van der Waals surface area contributed by atoms with E-state index in [1.807, 2.05) is 19.1 Å². The van der Waals surface area contributed by atoms with Crippen molar-refractivity contribution in [1.29, 1.82) is 0 Å². The number of carbonyl (C=O) groups is 1. The highest BCUT2D eigenvalue weighted by Gasteiger charge is 2.29. The van der Waals surface area contributed by atoms with E-state index >= 15 is 0 Å². The highest BCUT2D eigenvalue weighted by Crippen LogP contribution is 2.18. The molecule has 0 bridgehead atoms. The van der Waals surface area contributed by atoms with Crippen LogP contribution in [-0.4, -0.2) is 51.7 Å². The van der Waals surface area contributed by atoms with Crippen LogP contribution in [0.25, 0.3) is 11.0 Å². The smallest absolute Gasteiger partial charge is 0.251 e. The van der Waals surface area contributed by atoms with Crippen molar-refractivity contribution in [2.75, 3.05) is 13.2 Å². The summed E-state index contributed by atoms with van der Waals surface area (Å²) >= 11 is 0. The maximum atomic E-state index is 12.6. The summed E-state index contributed by atoms with van der Waals surface area (Å²) in [6, 6.07) is 8.83. The van der Waals surface area contributed by atoms with Gasteiger partial charge in [-0.2, -0.15) is 15.4 Å². The number of amides is 1. The number of fused-ring (bicyclic) bond motifs is 1. The summed E-state index contributed by atoms with van der Waals surface area (Å²) in [5.74, 6) is 0.492. The van der Waals surface area contributed by atoms with Gasteiger partial charge in [-0.05, 0) is 43.7 Å². The van der Waals surface area contributed by atoms with E-state index in [4.69, 9.17) is 9.47 Å². The Bertz CT molecular complexity index is 909. The Morgan fingerprint density at radius 2 is 2.15 bits per heavy atom. The minimum absolute atomic E-state index is 0.148. The Labute approximate surface area is 149 Å². The number of benzene rings is 1. The third kappa shape index (κ3) is 3.50.